The van der Waals surface area contributed by atoms with E-state index in [0.717, 1.165) is 19.4 Å². The highest BCUT2D eigenvalue weighted by molar-refractivity contribution is 5.46. The zero-order valence-electron chi connectivity index (χ0n) is 7.13. The molecule has 0 heterocycles. The second-order valence-electron chi connectivity index (χ2n) is 2.37. The van der Waals surface area contributed by atoms with Crippen molar-refractivity contribution in [2.24, 2.45) is 4.99 Å². The summed E-state index contributed by atoms with van der Waals surface area (Å²) in [6.45, 7) is 7.10. The largest absolute Gasteiger partial charge is 0.481 e. The van der Waals surface area contributed by atoms with Gasteiger partial charge in [-0.3, -0.25) is 4.99 Å². The molecule has 60 valence electrons. The zero-order valence-corrected chi connectivity index (χ0v) is 7.13. The topological polar surface area (TPSA) is 21.6 Å². The Bertz CT molecular complexity index is 91.3. The Morgan fingerprint density at radius 3 is 2.70 bits per heavy atom. The van der Waals surface area contributed by atoms with Gasteiger partial charge in [0.15, 0.2) is 6.40 Å². The zero-order chi connectivity index (χ0) is 7.82. The lowest BCUT2D eigenvalue weighted by Gasteiger charge is -2.05. The Kier molecular flexibility index (Phi) is 6.24. The van der Waals surface area contributed by atoms with Crippen LogP contribution in [-0.2, 0) is 4.74 Å². The molecule has 2 nitrogen and oxygen atoms in total. The first kappa shape index (κ1) is 9.47. The maximum atomic E-state index is 5.20. The molecule has 1 unspecified atom stereocenters. The molecule has 2 heteroatoms. The third-order valence-electron chi connectivity index (χ3n) is 1.30. The van der Waals surface area contributed by atoms with Crippen molar-refractivity contribution >= 4 is 6.40 Å². The van der Waals surface area contributed by atoms with Gasteiger partial charge < -0.3 is 4.74 Å². The van der Waals surface area contributed by atoms with Crippen LogP contribution < -0.4 is 0 Å². The summed E-state index contributed by atoms with van der Waals surface area (Å²) in [4.78, 5) is 4.03. The molecule has 1 atom stereocenters. The third-order valence-corrected chi connectivity index (χ3v) is 1.30. The summed E-state index contributed by atoms with van der Waals surface area (Å²) in [6.07, 6.45) is 4.00. The van der Waals surface area contributed by atoms with Crippen molar-refractivity contribution in [3.05, 3.63) is 0 Å². The molecule has 10 heavy (non-hydrogen) atoms. The van der Waals surface area contributed by atoms with E-state index in [-0.39, 0.29) is 0 Å². The van der Waals surface area contributed by atoms with E-state index in [9.17, 15) is 0 Å². The van der Waals surface area contributed by atoms with Crippen LogP contribution in [0.4, 0.5) is 0 Å². The quantitative estimate of drug-likeness (QED) is 0.427. The van der Waals surface area contributed by atoms with Gasteiger partial charge in [-0.25, -0.2) is 0 Å². The smallest absolute Gasteiger partial charge is 0.169 e. The molecule has 0 aliphatic carbocycles. The van der Waals surface area contributed by atoms with Gasteiger partial charge in [0.2, 0.25) is 0 Å². The van der Waals surface area contributed by atoms with E-state index in [1.165, 1.54) is 0 Å². The van der Waals surface area contributed by atoms with Crippen LogP contribution >= 0.6 is 0 Å². The molecule has 0 rings (SSSR count). The molecule has 0 bridgehead atoms. The van der Waals surface area contributed by atoms with Gasteiger partial charge in [0.25, 0.3) is 0 Å². The second kappa shape index (κ2) is 6.59. The lowest BCUT2D eigenvalue weighted by Crippen LogP contribution is -2.04. The number of aliphatic imine (C=N–C) groups is 1. The molecule has 0 spiro atoms. The number of hydrogen-bond donors (Lipinski definition) is 0. The molecule has 0 N–H and O–H groups in total. The minimum Gasteiger partial charge on any atom is -0.481 e. The van der Waals surface area contributed by atoms with Crippen molar-refractivity contribution in [3.8, 4) is 0 Å². The van der Waals surface area contributed by atoms with Gasteiger partial charge in [0.05, 0.1) is 6.10 Å². The second-order valence-corrected chi connectivity index (χ2v) is 2.37. The molecule has 0 saturated heterocycles. The standard InChI is InChI=1S/C8H17NO/c1-4-6-9-7-10-8(3)5-2/h7-8H,4-6H2,1-3H3. The van der Waals surface area contributed by atoms with E-state index in [0.29, 0.717) is 6.10 Å². The molecule has 0 radical (unpaired) electrons. The van der Waals surface area contributed by atoms with Crippen molar-refractivity contribution < 1.29 is 4.74 Å². The van der Waals surface area contributed by atoms with Crippen molar-refractivity contribution in [2.75, 3.05) is 6.54 Å². The molecule has 0 aliphatic heterocycles. The molecule has 0 aromatic heterocycles. The summed E-state index contributed by atoms with van der Waals surface area (Å²) in [7, 11) is 0. The van der Waals surface area contributed by atoms with Crippen LogP contribution in [0.3, 0.4) is 0 Å². The van der Waals surface area contributed by atoms with Gasteiger partial charge in [-0.15, -0.1) is 0 Å². The number of hydrogen-bond acceptors (Lipinski definition) is 2. The summed E-state index contributed by atoms with van der Waals surface area (Å²) in [6, 6.07) is 0. The molecule has 0 amide bonds. The SMILES string of the molecule is CCCN=COC(C)CC. The maximum Gasteiger partial charge on any atom is 0.169 e. The molecule has 0 fully saturated rings. The van der Waals surface area contributed by atoms with Crippen LogP contribution in [0.1, 0.15) is 33.6 Å². The van der Waals surface area contributed by atoms with E-state index in [1.54, 1.807) is 6.40 Å². The fraction of sp³-hybridized carbons (Fsp3) is 0.875. The Hall–Kier alpha value is -0.530. The van der Waals surface area contributed by atoms with Gasteiger partial charge in [0.1, 0.15) is 0 Å². The summed E-state index contributed by atoms with van der Waals surface area (Å²) in [5, 5.41) is 0. The molecular weight excluding hydrogens is 126 g/mol. The molecule has 0 aromatic carbocycles. The summed E-state index contributed by atoms with van der Waals surface area (Å²) >= 11 is 0. The van der Waals surface area contributed by atoms with Crippen LogP contribution in [0.5, 0.6) is 0 Å². The minimum absolute atomic E-state index is 0.306. The number of rotatable bonds is 5. The van der Waals surface area contributed by atoms with E-state index >= 15 is 0 Å². The Labute approximate surface area is 63.3 Å². The Morgan fingerprint density at radius 2 is 2.20 bits per heavy atom. The van der Waals surface area contributed by atoms with E-state index in [4.69, 9.17) is 4.74 Å². The number of ether oxygens (including phenoxy) is 1. The highest BCUT2D eigenvalue weighted by Crippen LogP contribution is 1.92. The lowest BCUT2D eigenvalue weighted by molar-refractivity contribution is 0.215. The maximum absolute atomic E-state index is 5.20. The first-order valence-electron chi connectivity index (χ1n) is 3.95. The predicted octanol–water partition coefficient (Wildman–Crippen LogP) is 2.24. The first-order chi connectivity index (χ1) is 4.81. The monoisotopic (exact) mass is 143 g/mol. The van der Waals surface area contributed by atoms with Gasteiger partial charge >= 0.3 is 0 Å². The fourth-order valence-corrected chi connectivity index (χ4v) is 0.425. The van der Waals surface area contributed by atoms with Crippen LogP contribution in [0, 0.1) is 0 Å². The van der Waals surface area contributed by atoms with Gasteiger partial charge in [0, 0.05) is 6.54 Å². The summed E-state index contributed by atoms with van der Waals surface area (Å²) in [5.41, 5.74) is 0. The van der Waals surface area contributed by atoms with Gasteiger partial charge in [-0.1, -0.05) is 13.8 Å². The average molecular weight is 143 g/mol. The van der Waals surface area contributed by atoms with E-state index < -0.39 is 0 Å². The minimum atomic E-state index is 0.306. The van der Waals surface area contributed by atoms with E-state index in [1.807, 2.05) is 6.92 Å². The Morgan fingerprint density at radius 1 is 1.50 bits per heavy atom. The van der Waals surface area contributed by atoms with Crippen LogP contribution in [0.2, 0.25) is 0 Å². The van der Waals surface area contributed by atoms with Crippen molar-refractivity contribution in [3.63, 3.8) is 0 Å². The van der Waals surface area contributed by atoms with Gasteiger partial charge in [-0.05, 0) is 19.8 Å². The molecule has 0 saturated carbocycles. The van der Waals surface area contributed by atoms with Gasteiger partial charge in [-0.2, -0.15) is 0 Å². The van der Waals surface area contributed by atoms with Crippen LogP contribution in [0.25, 0.3) is 0 Å². The molecule has 0 aromatic rings. The van der Waals surface area contributed by atoms with E-state index in [2.05, 4.69) is 18.8 Å². The summed E-state index contributed by atoms with van der Waals surface area (Å²) < 4.78 is 5.20. The molecular formula is C8H17NO. The first-order valence-corrected chi connectivity index (χ1v) is 3.95. The lowest BCUT2D eigenvalue weighted by atomic mass is 10.3. The highest BCUT2D eigenvalue weighted by atomic mass is 16.5. The average Bonchev–Trinajstić information content (AvgIpc) is 1.98. The molecule has 0 aliphatic rings. The van der Waals surface area contributed by atoms with Crippen molar-refractivity contribution in [1.29, 1.82) is 0 Å². The van der Waals surface area contributed by atoms with Crippen molar-refractivity contribution in [1.82, 2.24) is 0 Å². The third kappa shape index (κ3) is 5.60. The predicted molar refractivity (Wildman–Crippen MR) is 44.5 cm³/mol. The summed E-state index contributed by atoms with van der Waals surface area (Å²) in [5.74, 6) is 0. The Balaban J connectivity index is 3.16. The highest BCUT2D eigenvalue weighted by Gasteiger charge is 1.92. The van der Waals surface area contributed by atoms with Crippen LogP contribution in [-0.4, -0.2) is 19.0 Å². The fourth-order valence-electron chi connectivity index (χ4n) is 0.425. The number of nitrogens with zero attached hydrogens (tertiary/aromatic N) is 1. The normalized spacial score (nSPS) is 13.9. The van der Waals surface area contributed by atoms with Crippen LogP contribution in [0.15, 0.2) is 4.99 Å². The van der Waals surface area contributed by atoms with Crippen molar-refractivity contribution in [2.45, 2.75) is 39.7 Å².